The van der Waals surface area contributed by atoms with Gasteiger partial charge in [0.2, 0.25) is 5.91 Å². The van der Waals surface area contributed by atoms with Crippen molar-refractivity contribution in [2.24, 2.45) is 5.92 Å². The highest BCUT2D eigenvalue weighted by molar-refractivity contribution is 8.03. The summed E-state index contributed by atoms with van der Waals surface area (Å²) in [5.41, 5.74) is -0.904. The van der Waals surface area contributed by atoms with E-state index in [0.717, 1.165) is 0 Å². The van der Waals surface area contributed by atoms with Gasteiger partial charge in [0.1, 0.15) is 22.9 Å². The number of hydrogen-bond acceptors (Lipinski definition) is 9. The predicted octanol–water partition coefficient (Wildman–Crippen LogP) is 3.74. The molecule has 2 aromatic rings. The van der Waals surface area contributed by atoms with Crippen LogP contribution in [-0.4, -0.2) is 49.6 Å². The number of carbonyl (C=O) groups excluding carboxylic acids is 2. The number of benzene rings is 1. The van der Waals surface area contributed by atoms with Crippen LogP contribution in [-0.2, 0) is 25.7 Å². The number of thioether (sulfide) groups is 1. The van der Waals surface area contributed by atoms with Crippen molar-refractivity contribution in [3.63, 3.8) is 0 Å². The van der Waals surface area contributed by atoms with Gasteiger partial charge in [-0.1, -0.05) is 17.8 Å². The Morgan fingerprint density at radius 3 is 2.57 bits per heavy atom. The molecular formula is C23H21N3O8S. The van der Waals surface area contributed by atoms with E-state index < -0.39 is 40.5 Å². The van der Waals surface area contributed by atoms with Crippen molar-refractivity contribution in [3.05, 3.63) is 74.9 Å². The molecule has 0 saturated carbocycles. The van der Waals surface area contributed by atoms with Gasteiger partial charge >= 0.3 is 12.1 Å². The Kier molecular flexibility index (Phi) is 6.48. The largest absolute Gasteiger partial charge is 0.509 e. The van der Waals surface area contributed by atoms with Gasteiger partial charge < -0.3 is 19.5 Å². The summed E-state index contributed by atoms with van der Waals surface area (Å²) in [6, 6.07) is 10.3. The molecule has 2 atom stereocenters. The summed E-state index contributed by atoms with van der Waals surface area (Å²) in [6.07, 6.45) is 0.886. The second-order valence-corrected chi connectivity index (χ2v) is 9.59. The normalized spacial score (nSPS) is 19.1. The van der Waals surface area contributed by atoms with Gasteiger partial charge in [0.15, 0.2) is 0 Å². The van der Waals surface area contributed by atoms with Gasteiger partial charge in [0.25, 0.3) is 5.69 Å². The Labute approximate surface area is 203 Å². The Bertz CT molecular complexity index is 1210. The van der Waals surface area contributed by atoms with E-state index in [1.165, 1.54) is 40.9 Å². The number of nitrogens with zero attached hydrogens (tertiary/aromatic N) is 3. The summed E-state index contributed by atoms with van der Waals surface area (Å²) in [4.78, 5) is 53.4. The van der Waals surface area contributed by atoms with Crippen LogP contribution in [0.25, 0.3) is 0 Å². The van der Waals surface area contributed by atoms with E-state index in [0.29, 0.717) is 21.9 Å². The van der Waals surface area contributed by atoms with E-state index in [-0.39, 0.29) is 18.0 Å². The highest BCUT2D eigenvalue weighted by Crippen LogP contribution is 2.51. The first kappa shape index (κ1) is 24.2. The lowest BCUT2D eigenvalue weighted by Crippen LogP contribution is -2.66. The van der Waals surface area contributed by atoms with Crippen molar-refractivity contribution in [1.29, 1.82) is 0 Å². The fraction of sp³-hybridized carbons (Fsp3) is 0.304. The van der Waals surface area contributed by atoms with Crippen LogP contribution >= 0.6 is 11.8 Å². The molecule has 1 aromatic carbocycles. The third-order valence-corrected chi connectivity index (χ3v) is 6.84. The van der Waals surface area contributed by atoms with Crippen LogP contribution in [0.3, 0.4) is 0 Å². The molecule has 0 radical (unpaired) electrons. The first-order chi connectivity index (χ1) is 16.6. The minimum absolute atomic E-state index is 0.0801. The van der Waals surface area contributed by atoms with E-state index in [1.807, 2.05) is 0 Å². The molecule has 0 spiro atoms. The second-order valence-electron chi connectivity index (χ2n) is 8.47. The average molecular weight is 500 g/mol. The van der Waals surface area contributed by atoms with Crippen molar-refractivity contribution in [2.75, 3.05) is 0 Å². The number of aliphatic carboxylic acids is 1. The van der Waals surface area contributed by atoms with Crippen molar-refractivity contribution >= 4 is 35.5 Å². The molecule has 12 heteroatoms. The summed E-state index contributed by atoms with van der Waals surface area (Å²) >= 11 is 1.19. The predicted molar refractivity (Wildman–Crippen MR) is 122 cm³/mol. The topological polar surface area (TPSA) is 149 Å². The molecule has 0 unspecified atom stereocenters. The van der Waals surface area contributed by atoms with Crippen LogP contribution in [0.5, 0.6) is 0 Å². The van der Waals surface area contributed by atoms with Gasteiger partial charge in [-0.3, -0.25) is 14.9 Å². The monoisotopic (exact) mass is 499 g/mol. The number of carboxylic acid groups (broad SMARTS) is 1. The van der Waals surface area contributed by atoms with E-state index in [9.17, 15) is 29.6 Å². The third kappa shape index (κ3) is 4.83. The van der Waals surface area contributed by atoms with Gasteiger partial charge in [-0.2, -0.15) is 0 Å². The number of nitro groups is 1. The average Bonchev–Trinajstić information content (AvgIpc) is 3.11. The molecule has 1 amide bonds. The number of fused-ring (bicyclic) bond motifs is 1. The zero-order valence-electron chi connectivity index (χ0n) is 18.7. The smallest absolute Gasteiger partial charge is 0.477 e. The van der Waals surface area contributed by atoms with Crippen molar-refractivity contribution in [3.8, 4) is 0 Å². The van der Waals surface area contributed by atoms with Crippen molar-refractivity contribution < 1.29 is 33.9 Å². The summed E-state index contributed by atoms with van der Waals surface area (Å²) in [5, 5.41) is 21.1. The lowest BCUT2D eigenvalue weighted by atomic mass is 9.76. The lowest BCUT2D eigenvalue weighted by Gasteiger charge is -2.49. The number of aromatic nitrogens is 1. The number of rotatable bonds is 8. The molecule has 1 N–H and O–H groups in total. The fourth-order valence-electron chi connectivity index (χ4n) is 4.22. The summed E-state index contributed by atoms with van der Waals surface area (Å²) in [7, 11) is 0. The van der Waals surface area contributed by atoms with Crippen LogP contribution in [0.2, 0.25) is 0 Å². The zero-order chi connectivity index (χ0) is 25.3. The maximum absolute atomic E-state index is 13.0. The number of carboxylic acids is 1. The van der Waals surface area contributed by atoms with E-state index >= 15 is 0 Å². The molecule has 0 aliphatic carbocycles. The minimum atomic E-state index is -1.26. The summed E-state index contributed by atoms with van der Waals surface area (Å²) < 4.78 is 10.6. The van der Waals surface area contributed by atoms with Gasteiger partial charge in [0, 0.05) is 29.7 Å². The highest BCUT2D eigenvalue weighted by Gasteiger charge is 2.61. The quantitative estimate of drug-likeness (QED) is 0.246. The molecule has 4 rings (SSSR count). The molecule has 1 aromatic heterocycles. The molecule has 35 heavy (non-hydrogen) atoms. The van der Waals surface area contributed by atoms with Crippen LogP contribution in [0, 0.1) is 16.0 Å². The molecule has 182 valence electrons. The van der Waals surface area contributed by atoms with E-state index in [1.54, 1.807) is 38.2 Å². The number of nitro benzene ring substituents is 1. The molecule has 1 saturated heterocycles. The number of hydrogen-bond donors (Lipinski definition) is 1. The van der Waals surface area contributed by atoms with Crippen LogP contribution in [0.15, 0.2) is 64.3 Å². The van der Waals surface area contributed by atoms with E-state index in [4.69, 9.17) is 9.47 Å². The number of amides is 1. The van der Waals surface area contributed by atoms with Crippen LogP contribution < -0.4 is 0 Å². The molecule has 11 nitrogen and oxygen atoms in total. The van der Waals surface area contributed by atoms with E-state index in [2.05, 4.69) is 4.98 Å². The number of ether oxygens (including phenoxy) is 2. The maximum Gasteiger partial charge on any atom is 0.509 e. The fourth-order valence-corrected chi connectivity index (χ4v) is 5.27. The second kappa shape index (κ2) is 9.37. The number of pyridine rings is 1. The number of non-ortho nitro benzene ring substituents is 1. The number of carbonyl (C=O) groups is 3. The molecule has 0 bridgehead atoms. The standard InChI is InChI=1S/C23H21N3O8S/c1-23(2,34-22(30)33-12-13-6-8-14(9-7-13)26(31)32)18-15-11-16(35-17-5-3-4-10-24-17)19(21(28)29)25(15)20(18)27/h3-10,15,18H,11-12H2,1-2H3,(H,28,29)/t15-,18+/m1/s1. The minimum Gasteiger partial charge on any atom is -0.477 e. The first-order valence-corrected chi connectivity index (χ1v) is 11.4. The summed E-state index contributed by atoms with van der Waals surface area (Å²) in [5.74, 6) is -2.42. The highest BCUT2D eigenvalue weighted by atomic mass is 32.2. The van der Waals surface area contributed by atoms with Crippen LogP contribution in [0.4, 0.5) is 10.5 Å². The van der Waals surface area contributed by atoms with Gasteiger partial charge in [-0.15, -0.1) is 0 Å². The molecular weight excluding hydrogens is 478 g/mol. The SMILES string of the molecule is CC(C)(OC(=O)OCc1ccc([N+](=O)[O-])cc1)[C@@H]1C(=O)N2C(C(=O)O)=C(Sc3ccccn3)C[C@H]12. The van der Waals surface area contributed by atoms with Crippen molar-refractivity contribution in [2.45, 2.75) is 43.5 Å². The zero-order valence-corrected chi connectivity index (χ0v) is 19.6. The Balaban J connectivity index is 1.40. The maximum atomic E-state index is 13.0. The summed E-state index contributed by atoms with van der Waals surface area (Å²) in [6.45, 7) is 2.98. The van der Waals surface area contributed by atoms with Gasteiger partial charge in [0.05, 0.1) is 16.9 Å². The first-order valence-electron chi connectivity index (χ1n) is 10.6. The number of β-lactam (4-membered cyclic amide) rings is 1. The Hall–Kier alpha value is -3.93. The Morgan fingerprint density at radius 2 is 1.97 bits per heavy atom. The van der Waals surface area contributed by atoms with Gasteiger partial charge in [-0.05, 0) is 43.7 Å². The molecule has 3 heterocycles. The molecule has 1 fully saturated rings. The van der Waals surface area contributed by atoms with Crippen LogP contribution in [0.1, 0.15) is 25.8 Å². The third-order valence-electron chi connectivity index (χ3n) is 5.79. The lowest BCUT2D eigenvalue weighted by molar-refractivity contribution is -0.384. The van der Waals surface area contributed by atoms with Crippen molar-refractivity contribution in [1.82, 2.24) is 9.88 Å². The Morgan fingerprint density at radius 1 is 1.26 bits per heavy atom. The molecule has 2 aliphatic heterocycles. The molecule has 2 aliphatic rings. The van der Waals surface area contributed by atoms with Gasteiger partial charge in [-0.25, -0.2) is 14.6 Å².